The van der Waals surface area contributed by atoms with Crippen molar-refractivity contribution in [2.45, 2.75) is 84.9 Å². The fourth-order valence-electron chi connectivity index (χ4n) is 4.48. The summed E-state index contributed by atoms with van der Waals surface area (Å²) in [5, 5.41) is 20.1. The van der Waals surface area contributed by atoms with E-state index in [1.54, 1.807) is 64.0 Å². The normalized spacial score (nSPS) is 11.6. The van der Waals surface area contributed by atoms with Crippen LogP contribution in [0.15, 0.2) is 12.3 Å². The highest BCUT2D eigenvalue weighted by molar-refractivity contribution is 6.61. The first-order chi connectivity index (χ1) is 23.9. The van der Waals surface area contributed by atoms with Crippen LogP contribution in [0.25, 0.3) is 0 Å². The Hall–Kier alpha value is -1.37. The van der Waals surface area contributed by atoms with Crippen molar-refractivity contribution in [3.05, 3.63) is 34.9 Å². The number of nitrogens with one attached hydrogen (secondary N) is 4. The Morgan fingerprint density at radius 2 is 0.920 bits per heavy atom. The summed E-state index contributed by atoms with van der Waals surface area (Å²) in [6.45, 7) is 14.1. The minimum absolute atomic E-state index is 0.802. The Labute approximate surface area is 306 Å². The highest BCUT2D eigenvalue weighted by Crippen LogP contribution is 2.16. The van der Waals surface area contributed by atoms with Gasteiger partial charge in [-0.3, -0.25) is 10.2 Å². The van der Waals surface area contributed by atoms with Crippen LogP contribution in [-0.4, -0.2) is 137 Å². The zero-order chi connectivity index (χ0) is 38.3. The Kier molecular flexibility index (Phi) is 31.6. The van der Waals surface area contributed by atoms with Gasteiger partial charge in [-0.15, -0.1) is 0 Å². The third-order valence-electron chi connectivity index (χ3n) is 7.93. The number of hydrogen-bond donors (Lipinski definition) is 4. The van der Waals surface area contributed by atoms with Crippen molar-refractivity contribution < 1.29 is 39.8 Å². The first-order valence-corrected chi connectivity index (χ1v) is 23.0. The average molecular weight is 769 g/mol. The Balaban J connectivity index is 0. The van der Waals surface area contributed by atoms with Crippen LogP contribution in [0.4, 0.5) is 0 Å². The lowest BCUT2D eigenvalue weighted by molar-refractivity contribution is 0.122. The molecule has 0 unspecified atom stereocenters. The summed E-state index contributed by atoms with van der Waals surface area (Å²) >= 11 is 0. The molecule has 0 fully saturated rings. The first-order valence-electron chi connectivity index (χ1n) is 17.2. The number of aromatic amines is 2. The number of nitrogens with zero attached hydrogens (tertiary/aromatic N) is 2. The van der Waals surface area contributed by atoms with Crippen LogP contribution < -0.4 is 10.6 Å². The van der Waals surface area contributed by atoms with Gasteiger partial charge in [0.2, 0.25) is 0 Å². The lowest BCUT2D eigenvalue weighted by Crippen LogP contribution is -2.43. The molecule has 0 aliphatic rings. The van der Waals surface area contributed by atoms with Gasteiger partial charge in [-0.25, -0.2) is 0 Å². The highest BCUT2D eigenvalue weighted by atomic mass is 28.4. The smallest absolute Gasteiger partial charge is 0.377 e. The fourth-order valence-corrected chi connectivity index (χ4v) is 9.64. The maximum Gasteiger partial charge on any atom is 0.500 e. The van der Waals surface area contributed by atoms with Gasteiger partial charge in [-0.05, 0) is 91.2 Å². The van der Waals surface area contributed by atoms with E-state index in [0.717, 1.165) is 80.7 Å². The van der Waals surface area contributed by atoms with E-state index >= 15 is 0 Å². The molecule has 18 heteroatoms. The number of aryl methyl sites for hydroxylation is 4. The van der Waals surface area contributed by atoms with Gasteiger partial charge in [0.05, 0.1) is 11.9 Å². The molecule has 50 heavy (non-hydrogen) atoms. The quantitative estimate of drug-likeness (QED) is 0.0851. The molecular formula is C32H72N6O9Si3. The summed E-state index contributed by atoms with van der Waals surface area (Å²) in [4.78, 5) is 0. The van der Waals surface area contributed by atoms with Crippen molar-refractivity contribution in [2.75, 3.05) is 90.2 Å². The van der Waals surface area contributed by atoms with Gasteiger partial charge < -0.3 is 50.5 Å². The van der Waals surface area contributed by atoms with Gasteiger partial charge in [-0.1, -0.05) is 13.3 Å². The van der Waals surface area contributed by atoms with Crippen molar-refractivity contribution in [3.63, 3.8) is 0 Å². The summed E-state index contributed by atoms with van der Waals surface area (Å²) in [5.74, 6) is 0. The number of H-pyrrole nitrogens is 2. The lowest BCUT2D eigenvalue weighted by atomic mass is 10.3. The third-order valence-corrected chi connectivity index (χ3v) is 16.4. The molecule has 0 saturated heterocycles. The molecule has 0 bridgehead atoms. The van der Waals surface area contributed by atoms with Crippen molar-refractivity contribution in [1.29, 1.82) is 0 Å². The maximum absolute atomic E-state index is 5.37. The van der Waals surface area contributed by atoms with Gasteiger partial charge in [0.1, 0.15) is 0 Å². The van der Waals surface area contributed by atoms with Gasteiger partial charge in [0.15, 0.2) is 0 Å². The van der Waals surface area contributed by atoms with Crippen LogP contribution in [0, 0.1) is 27.7 Å². The van der Waals surface area contributed by atoms with Crippen LogP contribution in [0.2, 0.25) is 18.1 Å². The molecule has 0 aliphatic heterocycles. The molecule has 4 N–H and O–H groups in total. The van der Waals surface area contributed by atoms with Gasteiger partial charge in [0.25, 0.3) is 0 Å². The van der Waals surface area contributed by atoms with Gasteiger partial charge in [-0.2, -0.15) is 10.2 Å². The molecular weight excluding hydrogens is 697 g/mol. The molecule has 2 aromatic rings. The summed E-state index contributed by atoms with van der Waals surface area (Å²) in [5.41, 5.74) is 4.55. The lowest BCUT2D eigenvalue weighted by Gasteiger charge is -2.25. The largest absolute Gasteiger partial charge is 0.500 e. The summed E-state index contributed by atoms with van der Waals surface area (Å²) in [6.07, 6.45) is 7.22. The van der Waals surface area contributed by atoms with Crippen molar-refractivity contribution >= 4 is 26.4 Å². The minimum atomic E-state index is -2.43. The van der Waals surface area contributed by atoms with Crippen molar-refractivity contribution in [3.8, 4) is 0 Å². The summed E-state index contributed by atoms with van der Waals surface area (Å²) < 4.78 is 48.2. The van der Waals surface area contributed by atoms with Gasteiger partial charge in [0, 0.05) is 93.5 Å². The highest BCUT2D eigenvalue weighted by Gasteiger charge is 2.38. The molecule has 0 spiro atoms. The zero-order valence-corrected chi connectivity index (χ0v) is 36.7. The van der Waals surface area contributed by atoms with Crippen molar-refractivity contribution in [2.24, 2.45) is 0 Å². The molecule has 296 valence electrons. The Morgan fingerprint density at radius 3 is 1.10 bits per heavy atom. The van der Waals surface area contributed by atoms with E-state index in [9.17, 15) is 0 Å². The van der Waals surface area contributed by atoms with Crippen LogP contribution >= 0.6 is 0 Å². The number of aromatic nitrogens is 4. The monoisotopic (exact) mass is 768 g/mol. The van der Waals surface area contributed by atoms with Gasteiger partial charge >= 0.3 is 26.4 Å². The van der Waals surface area contributed by atoms with Crippen LogP contribution in [0.3, 0.4) is 0 Å². The van der Waals surface area contributed by atoms with E-state index in [-0.39, 0.29) is 0 Å². The number of unbranched alkanes of at least 4 members (excludes halogenated alkanes) is 1. The minimum Gasteiger partial charge on any atom is -0.377 e. The molecule has 0 aliphatic carbocycles. The van der Waals surface area contributed by atoms with Crippen LogP contribution in [0.5, 0.6) is 0 Å². The predicted octanol–water partition coefficient (Wildman–Crippen LogP) is 4.81. The molecule has 0 amide bonds. The molecule has 2 aromatic heterocycles. The fraction of sp³-hybridized carbons (Fsp3) is 0.812. The molecule has 0 saturated carbocycles. The first kappa shape index (κ1) is 50.7. The second-order valence-electron chi connectivity index (χ2n) is 11.4. The molecule has 0 radical (unpaired) electrons. The van der Waals surface area contributed by atoms with Crippen molar-refractivity contribution in [1.82, 2.24) is 31.0 Å². The summed E-state index contributed by atoms with van der Waals surface area (Å²) in [6, 6.07) is 4.47. The molecule has 0 atom stereocenters. The van der Waals surface area contributed by atoms with E-state index in [1.165, 1.54) is 18.4 Å². The Bertz CT molecular complexity index is 945. The molecule has 2 rings (SSSR count). The van der Waals surface area contributed by atoms with E-state index < -0.39 is 26.4 Å². The SMILES string of the molecule is CCCCNCCC[Si](OC)(OC)OC.CO[Si](CCCNCCC[Si](OC)(OC)OC)(OC)OC.Cc1cc(C)[nH]n1.Cc1cn[nH]c1C. The zero-order valence-electron chi connectivity index (χ0n) is 33.7. The molecule has 0 aromatic carbocycles. The third kappa shape index (κ3) is 22.5. The van der Waals surface area contributed by atoms with Crippen LogP contribution in [-0.2, 0) is 39.8 Å². The second kappa shape index (κ2) is 31.2. The average Bonchev–Trinajstić information content (AvgIpc) is 3.73. The van der Waals surface area contributed by atoms with E-state index in [1.807, 2.05) is 40.0 Å². The van der Waals surface area contributed by atoms with E-state index in [4.69, 9.17) is 39.8 Å². The Morgan fingerprint density at radius 1 is 0.560 bits per heavy atom. The standard InChI is InChI=1S/C12H31NO6Si2.C10H25NO3Si.2C5H8N2/c1-14-20(15-2,16-3)11-7-9-13-10-8-12-21(17-4,18-5)19-6;1-5-6-8-11-9-7-10-15(12-2,13-3)14-4;1-4-3-6-7-5(4)2;1-4-3-5(2)7-6-4/h13H,7-12H2,1-6H3;11H,5-10H2,1-4H3;2*3H,1-2H3,(H,6,7). The van der Waals surface area contributed by atoms with E-state index in [0.29, 0.717) is 0 Å². The summed E-state index contributed by atoms with van der Waals surface area (Å²) in [7, 11) is 7.61. The predicted molar refractivity (Wildman–Crippen MR) is 205 cm³/mol. The van der Waals surface area contributed by atoms with E-state index in [2.05, 4.69) is 38.0 Å². The maximum atomic E-state index is 5.37. The topological polar surface area (TPSA) is 164 Å². The van der Waals surface area contributed by atoms with Crippen LogP contribution in [0.1, 0.15) is 61.7 Å². The number of rotatable bonds is 24. The molecule has 15 nitrogen and oxygen atoms in total. The number of hydrogen-bond acceptors (Lipinski definition) is 13. The second-order valence-corrected chi connectivity index (χ2v) is 20.7. The molecule has 2 heterocycles.